The third-order valence-electron chi connectivity index (χ3n) is 4.05. The zero-order valence-corrected chi connectivity index (χ0v) is 11.8. The molecule has 1 aromatic carbocycles. The van der Waals surface area contributed by atoms with Gasteiger partial charge in [-0.2, -0.15) is 0 Å². The van der Waals surface area contributed by atoms with E-state index in [2.05, 4.69) is 36.2 Å². The minimum atomic E-state index is -0.133. The molecule has 1 aliphatic carbocycles. The van der Waals surface area contributed by atoms with Crippen LogP contribution in [0.25, 0.3) is 11.3 Å². The zero-order valence-electron chi connectivity index (χ0n) is 11.8. The Morgan fingerprint density at radius 1 is 1.10 bits per heavy atom. The molecule has 3 nitrogen and oxygen atoms in total. The number of aliphatic hydroxyl groups is 1. The van der Waals surface area contributed by atoms with Gasteiger partial charge in [0.15, 0.2) is 0 Å². The van der Waals surface area contributed by atoms with Gasteiger partial charge in [0.2, 0.25) is 0 Å². The van der Waals surface area contributed by atoms with Crippen molar-refractivity contribution in [3.05, 3.63) is 47.9 Å². The van der Waals surface area contributed by atoms with Crippen LogP contribution in [0, 0.1) is 6.92 Å². The standard InChI is InChI=1S/C17H20N2O/c1-12-3-2-4-14(11-12)16-9-10-18-17(19-16)13-5-7-15(20)8-6-13/h2-4,9-11,13,15,20H,5-8H2,1H3. The van der Waals surface area contributed by atoms with Crippen molar-refractivity contribution in [3.8, 4) is 11.3 Å². The fraction of sp³-hybridized carbons (Fsp3) is 0.412. The topological polar surface area (TPSA) is 46.0 Å². The Balaban J connectivity index is 1.86. The number of aromatic nitrogens is 2. The highest BCUT2D eigenvalue weighted by Gasteiger charge is 2.22. The smallest absolute Gasteiger partial charge is 0.132 e. The van der Waals surface area contributed by atoms with E-state index in [0.717, 1.165) is 42.8 Å². The molecule has 20 heavy (non-hydrogen) atoms. The first-order chi connectivity index (χ1) is 9.72. The Bertz CT molecular complexity index is 589. The number of hydrogen-bond acceptors (Lipinski definition) is 3. The van der Waals surface area contributed by atoms with E-state index in [0.29, 0.717) is 5.92 Å². The number of rotatable bonds is 2. The largest absolute Gasteiger partial charge is 0.393 e. The van der Waals surface area contributed by atoms with Crippen LogP contribution in [0.5, 0.6) is 0 Å². The molecule has 1 heterocycles. The maximum atomic E-state index is 9.60. The van der Waals surface area contributed by atoms with Crippen LogP contribution in [0.15, 0.2) is 36.5 Å². The normalized spacial score (nSPS) is 22.7. The Hall–Kier alpha value is -1.74. The van der Waals surface area contributed by atoms with Crippen molar-refractivity contribution in [2.75, 3.05) is 0 Å². The van der Waals surface area contributed by atoms with Crippen LogP contribution in [-0.4, -0.2) is 21.2 Å². The van der Waals surface area contributed by atoms with Crippen LogP contribution in [0.4, 0.5) is 0 Å². The van der Waals surface area contributed by atoms with Crippen molar-refractivity contribution in [2.45, 2.75) is 44.6 Å². The number of nitrogens with zero attached hydrogens (tertiary/aromatic N) is 2. The highest BCUT2D eigenvalue weighted by Crippen LogP contribution is 2.31. The molecule has 0 saturated heterocycles. The van der Waals surface area contributed by atoms with Crippen LogP contribution in [-0.2, 0) is 0 Å². The van der Waals surface area contributed by atoms with Crippen molar-refractivity contribution in [3.63, 3.8) is 0 Å². The number of aryl methyl sites for hydroxylation is 1. The predicted molar refractivity (Wildman–Crippen MR) is 79.4 cm³/mol. The second kappa shape index (κ2) is 5.71. The molecule has 1 aliphatic rings. The fourth-order valence-electron chi connectivity index (χ4n) is 2.87. The minimum absolute atomic E-state index is 0.133. The average Bonchev–Trinajstić information content (AvgIpc) is 2.48. The lowest BCUT2D eigenvalue weighted by molar-refractivity contribution is 0.121. The molecule has 2 aromatic rings. The van der Waals surface area contributed by atoms with Crippen LogP contribution in [0.2, 0.25) is 0 Å². The molecule has 104 valence electrons. The van der Waals surface area contributed by atoms with E-state index in [1.165, 1.54) is 5.56 Å². The summed E-state index contributed by atoms with van der Waals surface area (Å²) < 4.78 is 0. The third kappa shape index (κ3) is 2.88. The Kier molecular flexibility index (Phi) is 3.79. The van der Waals surface area contributed by atoms with E-state index >= 15 is 0 Å². The lowest BCUT2D eigenvalue weighted by atomic mass is 9.87. The summed E-state index contributed by atoms with van der Waals surface area (Å²) in [6, 6.07) is 10.4. The maximum Gasteiger partial charge on any atom is 0.132 e. The Morgan fingerprint density at radius 2 is 1.90 bits per heavy atom. The van der Waals surface area contributed by atoms with Gasteiger partial charge in [-0.25, -0.2) is 9.97 Å². The molecule has 0 atom stereocenters. The number of aliphatic hydroxyl groups excluding tert-OH is 1. The molecular formula is C17H20N2O. The first kappa shape index (κ1) is 13.3. The van der Waals surface area contributed by atoms with Crippen molar-refractivity contribution < 1.29 is 5.11 Å². The lowest BCUT2D eigenvalue weighted by Crippen LogP contribution is -2.18. The molecule has 1 aromatic heterocycles. The molecule has 0 spiro atoms. The van der Waals surface area contributed by atoms with Crippen molar-refractivity contribution in [2.24, 2.45) is 0 Å². The van der Waals surface area contributed by atoms with Gasteiger partial charge >= 0.3 is 0 Å². The second-order valence-corrected chi connectivity index (χ2v) is 5.68. The van der Waals surface area contributed by atoms with Gasteiger partial charge in [0.1, 0.15) is 5.82 Å². The molecule has 1 fully saturated rings. The summed E-state index contributed by atoms with van der Waals surface area (Å²) in [5.41, 5.74) is 3.37. The van der Waals surface area contributed by atoms with Crippen LogP contribution in [0.3, 0.4) is 0 Å². The SMILES string of the molecule is Cc1cccc(-c2ccnc(C3CCC(O)CC3)n2)c1. The van der Waals surface area contributed by atoms with Crippen molar-refractivity contribution >= 4 is 0 Å². The third-order valence-corrected chi connectivity index (χ3v) is 4.05. The van der Waals surface area contributed by atoms with Crippen molar-refractivity contribution in [1.29, 1.82) is 0 Å². The van der Waals surface area contributed by atoms with E-state index in [-0.39, 0.29) is 6.10 Å². The summed E-state index contributed by atoms with van der Waals surface area (Å²) in [6.07, 6.45) is 5.42. The van der Waals surface area contributed by atoms with Crippen LogP contribution < -0.4 is 0 Å². The van der Waals surface area contributed by atoms with Gasteiger partial charge in [-0.05, 0) is 44.7 Å². The summed E-state index contributed by atoms with van der Waals surface area (Å²) in [5.74, 6) is 1.32. The first-order valence-corrected chi connectivity index (χ1v) is 7.30. The first-order valence-electron chi connectivity index (χ1n) is 7.30. The van der Waals surface area contributed by atoms with Gasteiger partial charge in [0.05, 0.1) is 11.8 Å². The molecule has 0 bridgehead atoms. The molecule has 1 saturated carbocycles. The van der Waals surface area contributed by atoms with Gasteiger partial charge in [0.25, 0.3) is 0 Å². The summed E-state index contributed by atoms with van der Waals surface area (Å²) in [7, 11) is 0. The summed E-state index contributed by atoms with van der Waals surface area (Å²) >= 11 is 0. The molecule has 1 N–H and O–H groups in total. The summed E-state index contributed by atoms with van der Waals surface area (Å²) in [6.45, 7) is 2.09. The zero-order chi connectivity index (χ0) is 13.9. The molecule has 0 radical (unpaired) electrons. The van der Waals surface area contributed by atoms with E-state index < -0.39 is 0 Å². The van der Waals surface area contributed by atoms with E-state index in [1.54, 1.807) is 0 Å². The Labute approximate surface area is 119 Å². The van der Waals surface area contributed by atoms with E-state index in [9.17, 15) is 5.11 Å². The summed E-state index contributed by atoms with van der Waals surface area (Å²) in [5, 5.41) is 9.60. The number of benzene rings is 1. The fourth-order valence-corrected chi connectivity index (χ4v) is 2.87. The molecule has 3 heteroatoms. The molecular weight excluding hydrogens is 248 g/mol. The predicted octanol–water partition coefficient (Wildman–Crippen LogP) is 3.47. The molecule has 0 unspecified atom stereocenters. The monoisotopic (exact) mass is 268 g/mol. The average molecular weight is 268 g/mol. The van der Waals surface area contributed by atoms with E-state index in [1.807, 2.05) is 12.3 Å². The second-order valence-electron chi connectivity index (χ2n) is 5.68. The molecule has 3 rings (SSSR count). The highest BCUT2D eigenvalue weighted by molar-refractivity contribution is 5.59. The lowest BCUT2D eigenvalue weighted by Gasteiger charge is -2.24. The molecule has 0 amide bonds. The quantitative estimate of drug-likeness (QED) is 0.907. The van der Waals surface area contributed by atoms with Crippen molar-refractivity contribution in [1.82, 2.24) is 9.97 Å². The van der Waals surface area contributed by atoms with E-state index in [4.69, 9.17) is 4.98 Å². The van der Waals surface area contributed by atoms with Crippen LogP contribution in [0.1, 0.15) is 43.0 Å². The Morgan fingerprint density at radius 3 is 2.65 bits per heavy atom. The maximum absolute atomic E-state index is 9.60. The van der Waals surface area contributed by atoms with Gasteiger partial charge < -0.3 is 5.11 Å². The van der Waals surface area contributed by atoms with Crippen LogP contribution >= 0.6 is 0 Å². The molecule has 0 aliphatic heterocycles. The number of hydrogen-bond donors (Lipinski definition) is 1. The summed E-state index contributed by atoms with van der Waals surface area (Å²) in [4.78, 5) is 9.18. The highest BCUT2D eigenvalue weighted by atomic mass is 16.3. The minimum Gasteiger partial charge on any atom is -0.393 e. The van der Waals surface area contributed by atoms with Gasteiger partial charge in [-0.15, -0.1) is 0 Å². The van der Waals surface area contributed by atoms with Gasteiger partial charge in [0, 0.05) is 17.7 Å². The van der Waals surface area contributed by atoms with Gasteiger partial charge in [-0.3, -0.25) is 0 Å². The van der Waals surface area contributed by atoms with Gasteiger partial charge in [-0.1, -0.05) is 23.8 Å².